The molecule has 1 amide bonds. The van der Waals surface area contributed by atoms with Crippen LogP contribution in [0.5, 0.6) is 11.5 Å². The maximum Gasteiger partial charge on any atom is 0.290 e. The molecule has 4 rings (SSSR count). The number of nitrogens with zero attached hydrogens (tertiary/aromatic N) is 1. The van der Waals surface area contributed by atoms with Gasteiger partial charge in [0.05, 0.1) is 37.3 Å². The summed E-state index contributed by atoms with van der Waals surface area (Å²) in [5.41, 5.74) is 3.29. The van der Waals surface area contributed by atoms with Gasteiger partial charge in [-0.1, -0.05) is 19.9 Å². The highest BCUT2D eigenvalue weighted by Crippen LogP contribution is 2.41. The molecule has 3 aromatic rings. The first-order valence-electron chi connectivity index (χ1n) is 11.4. The Kier molecular flexibility index (Phi) is 6.66. The molecule has 1 aliphatic rings. The van der Waals surface area contributed by atoms with Crippen molar-refractivity contribution in [2.75, 3.05) is 34.0 Å². The van der Waals surface area contributed by atoms with Gasteiger partial charge in [0.2, 0.25) is 5.76 Å². The van der Waals surface area contributed by atoms with Gasteiger partial charge in [0.1, 0.15) is 5.58 Å². The first-order valence-corrected chi connectivity index (χ1v) is 11.4. The minimum atomic E-state index is -0.618. The molecule has 0 bridgehead atoms. The van der Waals surface area contributed by atoms with Crippen molar-refractivity contribution < 1.29 is 23.4 Å². The van der Waals surface area contributed by atoms with Crippen molar-refractivity contribution in [2.24, 2.45) is 5.92 Å². The Hall–Kier alpha value is -3.32. The van der Waals surface area contributed by atoms with Crippen molar-refractivity contribution in [1.82, 2.24) is 4.90 Å². The average molecular weight is 466 g/mol. The van der Waals surface area contributed by atoms with Crippen LogP contribution in [-0.2, 0) is 4.74 Å². The Labute approximate surface area is 199 Å². The van der Waals surface area contributed by atoms with Crippen molar-refractivity contribution >= 4 is 16.9 Å². The number of ether oxygens (including phenoxy) is 3. The maximum atomic E-state index is 13.7. The second-order valence-corrected chi connectivity index (χ2v) is 9.12. The zero-order valence-electron chi connectivity index (χ0n) is 20.6. The van der Waals surface area contributed by atoms with Crippen LogP contribution < -0.4 is 14.9 Å². The van der Waals surface area contributed by atoms with Gasteiger partial charge in [0.25, 0.3) is 5.91 Å². The Morgan fingerprint density at radius 3 is 2.44 bits per heavy atom. The van der Waals surface area contributed by atoms with E-state index in [-0.39, 0.29) is 17.1 Å². The quantitative estimate of drug-likeness (QED) is 0.482. The van der Waals surface area contributed by atoms with Gasteiger partial charge >= 0.3 is 0 Å². The van der Waals surface area contributed by atoms with Crippen LogP contribution >= 0.6 is 0 Å². The fourth-order valence-electron chi connectivity index (χ4n) is 4.27. The lowest BCUT2D eigenvalue weighted by Crippen LogP contribution is -2.32. The van der Waals surface area contributed by atoms with Crippen molar-refractivity contribution in [3.63, 3.8) is 0 Å². The van der Waals surface area contributed by atoms with E-state index in [2.05, 4.69) is 13.8 Å². The molecule has 2 aromatic carbocycles. The number of benzene rings is 2. The number of carbonyl (C=O) groups is 1. The van der Waals surface area contributed by atoms with Gasteiger partial charge in [0.15, 0.2) is 16.9 Å². The second kappa shape index (κ2) is 9.50. The summed E-state index contributed by atoms with van der Waals surface area (Å²) in [5.74, 6) is 1.28. The van der Waals surface area contributed by atoms with Crippen LogP contribution in [0.25, 0.3) is 11.0 Å². The normalized spacial score (nSPS) is 15.3. The van der Waals surface area contributed by atoms with Crippen LogP contribution in [0, 0.1) is 19.8 Å². The number of rotatable bonds is 8. The van der Waals surface area contributed by atoms with Crippen LogP contribution in [0.4, 0.5) is 0 Å². The summed E-state index contributed by atoms with van der Waals surface area (Å²) in [6.45, 7) is 9.24. The third-order valence-corrected chi connectivity index (χ3v) is 6.19. The number of amides is 1. The van der Waals surface area contributed by atoms with Crippen LogP contribution in [0.1, 0.15) is 52.7 Å². The van der Waals surface area contributed by atoms with Crippen LogP contribution in [-0.4, -0.2) is 44.8 Å². The average Bonchev–Trinajstić information content (AvgIpc) is 3.09. The summed E-state index contributed by atoms with van der Waals surface area (Å²) >= 11 is 0. The first-order chi connectivity index (χ1) is 16.3. The molecule has 1 atom stereocenters. The summed E-state index contributed by atoms with van der Waals surface area (Å²) in [6.07, 6.45) is 0. The standard InChI is InChI=1S/C27H31NO6/c1-15(2)14-33-20-8-7-18(13-22(20)32-6)24-23-25(29)19-11-16(3)17(4)12-21(19)34-26(23)27(30)28(24)9-10-31-5/h7-8,11-13,15,24H,9-10,14H2,1-6H3. The Morgan fingerprint density at radius 1 is 1.03 bits per heavy atom. The molecule has 0 saturated carbocycles. The molecule has 0 saturated heterocycles. The highest BCUT2D eigenvalue weighted by Gasteiger charge is 2.42. The molecule has 1 unspecified atom stereocenters. The third-order valence-electron chi connectivity index (χ3n) is 6.19. The molecule has 2 heterocycles. The summed E-state index contributed by atoms with van der Waals surface area (Å²) in [7, 11) is 3.15. The fourth-order valence-corrected chi connectivity index (χ4v) is 4.27. The molecular formula is C27H31NO6. The fraction of sp³-hybridized carbons (Fsp3) is 0.407. The summed E-state index contributed by atoms with van der Waals surface area (Å²) in [4.78, 5) is 28.7. The number of methoxy groups -OCH3 is 2. The highest BCUT2D eigenvalue weighted by molar-refractivity contribution is 5.99. The number of aryl methyl sites for hydroxylation is 2. The largest absolute Gasteiger partial charge is 0.493 e. The Bertz CT molecular complexity index is 1290. The van der Waals surface area contributed by atoms with Crippen LogP contribution in [0.3, 0.4) is 0 Å². The lowest BCUT2D eigenvalue weighted by atomic mass is 9.97. The molecule has 0 aliphatic carbocycles. The molecule has 1 aromatic heterocycles. The number of hydrogen-bond acceptors (Lipinski definition) is 6. The lowest BCUT2D eigenvalue weighted by molar-refractivity contribution is 0.0663. The molecule has 0 spiro atoms. The van der Waals surface area contributed by atoms with Gasteiger partial charge in [-0.2, -0.15) is 0 Å². The van der Waals surface area contributed by atoms with Crippen molar-refractivity contribution in [3.8, 4) is 11.5 Å². The van der Waals surface area contributed by atoms with Gasteiger partial charge < -0.3 is 23.5 Å². The Morgan fingerprint density at radius 2 is 1.76 bits per heavy atom. The zero-order chi connectivity index (χ0) is 24.6. The minimum absolute atomic E-state index is 0.0842. The van der Waals surface area contributed by atoms with Gasteiger partial charge in [-0.25, -0.2) is 0 Å². The van der Waals surface area contributed by atoms with E-state index >= 15 is 0 Å². The van der Waals surface area contributed by atoms with E-state index < -0.39 is 6.04 Å². The van der Waals surface area contributed by atoms with Gasteiger partial charge in [-0.3, -0.25) is 9.59 Å². The summed E-state index contributed by atoms with van der Waals surface area (Å²) < 4.78 is 22.8. The van der Waals surface area contributed by atoms with Crippen molar-refractivity contribution in [2.45, 2.75) is 33.7 Å². The molecule has 0 N–H and O–H groups in total. The smallest absolute Gasteiger partial charge is 0.290 e. The summed E-state index contributed by atoms with van der Waals surface area (Å²) in [6, 6.07) is 8.55. The van der Waals surface area contributed by atoms with E-state index in [1.807, 2.05) is 44.2 Å². The maximum absolute atomic E-state index is 13.7. The molecule has 0 fully saturated rings. The molecule has 34 heavy (non-hydrogen) atoms. The van der Waals surface area contributed by atoms with E-state index in [4.69, 9.17) is 18.6 Å². The van der Waals surface area contributed by atoms with E-state index in [0.717, 1.165) is 16.7 Å². The summed E-state index contributed by atoms with van der Waals surface area (Å²) in [5, 5.41) is 0.470. The number of hydrogen-bond donors (Lipinski definition) is 0. The van der Waals surface area contributed by atoms with Crippen LogP contribution in [0.2, 0.25) is 0 Å². The molecular weight excluding hydrogens is 434 g/mol. The van der Waals surface area contributed by atoms with E-state index in [1.165, 1.54) is 0 Å². The first kappa shape index (κ1) is 23.8. The molecule has 7 heteroatoms. The van der Waals surface area contributed by atoms with Crippen LogP contribution in [0.15, 0.2) is 39.5 Å². The Balaban J connectivity index is 1.89. The van der Waals surface area contributed by atoms with E-state index in [0.29, 0.717) is 53.7 Å². The van der Waals surface area contributed by atoms with Gasteiger partial charge in [-0.05, 0) is 60.7 Å². The predicted molar refractivity (Wildman–Crippen MR) is 130 cm³/mol. The lowest BCUT2D eigenvalue weighted by Gasteiger charge is -2.25. The van der Waals surface area contributed by atoms with Crippen molar-refractivity contribution in [1.29, 1.82) is 0 Å². The van der Waals surface area contributed by atoms with E-state index in [1.54, 1.807) is 19.1 Å². The molecule has 0 radical (unpaired) electrons. The SMILES string of the molecule is COCCN1C(=O)c2oc3cc(C)c(C)cc3c(=O)c2C1c1ccc(OCC(C)C)c(OC)c1. The third kappa shape index (κ3) is 4.16. The highest BCUT2D eigenvalue weighted by atomic mass is 16.5. The van der Waals surface area contributed by atoms with Crippen molar-refractivity contribution in [3.05, 3.63) is 68.6 Å². The molecule has 180 valence electrons. The topological polar surface area (TPSA) is 78.2 Å². The van der Waals surface area contributed by atoms with Gasteiger partial charge in [-0.15, -0.1) is 0 Å². The number of fused-ring (bicyclic) bond motifs is 2. The molecule has 7 nitrogen and oxygen atoms in total. The van der Waals surface area contributed by atoms with E-state index in [9.17, 15) is 9.59 Å². The second-order valence-electron chi connectivity index (χ2n) is 9.12. The molecule has 1 aliphatic heterocycles. The monoisotopic (exact) mass is 465 g/mol. The predicted octanol–water partition coefficient (Wildman–Crippen LogP) is 4.64. The zero-order valence-corrected chi connectivity index (χ0v) is 20.6. The van der Waals surface area contributed by atoms with Gasteiger partial charge in [0, 0.05) is 13.7 Å². The minimum Gasteiger partial charge on any atom is -0.493 e. The number of carbonyl (C=O) groups excluding carboxylic acids is 1.